The molecular weight excluding hydrogens is 685 g/mol. The third-order valence-electron chi connectivity index (χ3n) is 9.68. The molecule has 2 aliphatic carbocycles. The number of primary sulfonamides is 1. The summed E-state index contributed by atoms with van der Waals surface area (Å²) in [5.74, 6) is 1.43. The van der Waals surface area contributed by atoms with E-state index < -0.39 is 25.6 Å². The van der Waals surface area contributed by atoms with Crippen LogP contribution in [0.15, 0.2) is 70.7 Å². The molecule has 0 radical (unpaired) electrons. The number of aryl methyl sites for hydroxylation is 2. The zero-order chi connectivity index (χ0) is 36.3. The maximum absolute atomic E-state index is 13.8. The highest BCUT2D eigenvalue weighted by Crippen LogP contribution is 2.45. The molecule has 4 aromatic rings. The predicted octanol–water partition coefficient (Wildman–Crippen LogP) is 3.95. The van der Waals surface area contributed by atoms with E-state index in [0.717, 1.165) is 61.0 Å². The van der Waals surface area contributed by atoms with Gasteiger partial charge in [-0.3, -0.25) is 9.36 Å². The first-order chi connectivity index (χ1) is 23.7. The molecule has 2 N–H and O–H groups in total. The molecule has 0 bridgehead atoms. The van der Waals surface area contributed by atoms with Crippen LogP contribution in [0.2, 0.25) is 0 Å². The van der Waals surface area contributed by atoms with Gasteiger partial charge in [0.15, 0.2) is 10.1 Å². The second kappa shape index (κ2) is 14.8. The lowest BCUT2D eigenvalue weighted by atomic mass is 9.77. The van der Waals surface area contributed by atoms with Crippen molar-refractivity contribution in [1.29, 1.82) is 0 Å². The summed E-state index contributed by atoms with van der Waals surface area (Å²) in [5.41, 5.74) is 2.40. The summed E-state index contributed by atoms with van der Waals surface area (Å²) in [4.78, 5) is 0. The van der Waals surface area contributed by atoms with Gasteiger partial charge in [-0.15, -0.1) is 0 Å². The van der Waals surface area contributed by atoms with Gasteiger partial charge in [-0.2, -0.15) is 14.5 Å². The molecule has 0 amide bonds. The fraction of sp³-hybridized carbons (Fsp3) is 0.471. The van der Waals surface area contributed by atoms with Crippen LogP contribution in [-0.4, -0.2) is 69.1 Å². The number of sulfonamides is 2. The molecule has 0 saturated heterocycles. The summed E-state index contributed by atoms with van der Waals surface area (Å²) in [6.45, 7) is 0.388. The quantitative estimate of drug-likeness (QED) is 0.213. The summed E-state index contributed by atoms with van der Waals surface area (Å²) in [6, 6.07) is 17.9. The molecule has 50 heavy (non-hydrogen) atoms. The Labute approximate surface area is 294 Å². The first kappa shape index (κ1) is 37.5. The standard InChI is InChI=1S/C25H31N3O5S.C9H15N3O3S/c1-27-23(25(33-4)14-5-15-25)16-24(26-27)34(29,30)28(17-19-6-10-21(31-2)11-7-19)18-20-8-12-22(32-3)13-9-20;1-12-7(9(15-2)4-3-5-9)6-8(11-12)16(10,13)14/h6-13,16H,5,14-15,17-18H2,1-4H3;6H,3-5H2,1-2H3,(H2,10,13,14). The molecule has 2 saturated carbocycles. The monoisotopic (exact) mass is 730 g/mol. The van der Waals surface area contributed by atoms with Gasteiger partial charge in [0, 0.05) is 53.5 Å². The van der Waals surface area contributed by atoms with Crippen molar-refractivity contribution in [3.63, 3.8) is 0 Å². The van der Waals surface area contributed by atoms with Crippen LogP contribution in [0.3, 0.4) is 0 Å². The van der Waals surface area contributed by atoms with E-state index in [4.69, 9.17) is 24.1 Å². The molecule has 14 nitrogen and oxygen atoms in total. The number of nitrogens with zero attached hydrogens (tertiary/aromatic N) is 5. The molecule has 2 aromatic carbocycles. The number of nitrogens with two attached hydrogens (primary N) is 1. The van der Waals surface area contributed by atoms with Crippen molar-refractivity contribution < 1.29 is 35.8 Å². The van der Waals surface area contributed by atoms with Gasteiger partial charge in [-0.1, -0.05) is 24.3 Å². The van der Waals surface area contributed by atoms with Crippen LogP contribution in [0.25, 0.3) is 0 Å². The molecular formula is C34H46N6O8S2. The second-order valence-electron chi connectivity index (χ2n) is 12.6. The normalized spacial score (nSPS) is 16.6. The van der Waals surface area contributed by atoms with Crippen molar-refractivity contribution in [2.45, 2.75) is 72.9 Å². The number of benzene rings is 2. The fourth-order valence-corrected chi connectivity index (χ4v) is 8.25. The van der Waals surface area contributed by atoms with Gasteiger partial charge < -0.3 is 18.9 Å². The van der Waals surface area contributed by atoms with Crippen molar-refractivity contribution in [2.75, 3.05) is 28.4 Å². The molecule has 0 unspecified atom stereocenters. The van der Waals surface area contributed by atoms with Gasteiger partial charge in [0.05, 0.1) is 25.6 Å². The predicted molar refractivity (Wildman–Crippen MR) is 185 cm³/mol. The van der Waals surface area contributed by atoms with Gasteiger partial charge in [-0.25, -0.2) is 22.0 Å². The van der Waals surface area contributed by atoms with Crippen molar-refractivity contribution in [3.8, 4) is 11.5 Å². The molecule has 0 spiro atoms. The van der Waals surface area contributed by atoms with Crippen LogP contribution in [0.1, 0.15) is 61.0 Å². The van der Waals surface area contributed by atoms with Crippen LogP contribution in [0.5, 0.6) is 11.5 Å². The van der Waals surface area contributed by atoms with Crippen LogP contribution < -0.4 is 14.6 Å². The third kappa shape index (κ3) is 7.60. The van der Waals surface area contributed by atoms with Crippen LogP contribution in [-0.2, 0) is 67.9 Å². The molecule has 6 rings (SSSR count). The fourth-order valence-electron chi connectivity index (χ4n) is 6.35. The average molecular weight is 731 g/mol. The van der Waals surface area contributed by atoms with Crippen LogP contribution in [0.4, 0.5) is 0 Å². The Kier molecular flexibility index (Phi) is 11.1. The number of hydrogen-bond acceptors (Lipinski definition) is 10. The van der Waals surface area contributed by atoms with Crippen molar-refractivity contribution >= 4 is 20.0 Å². The van der Waals surface area contributed by atoms with Crippen LogP contribution in [0, 0.1) is 0 Å². The van der Waals surface area contributed by atoms with E-state index in [2.05, 4.69) is 10.2 Å². The minimum absolute atomic E-state index is 0.0235. The zero-order valence-corrected chi connectivity index (χ0v) is 31.0. The molecule has 0 aliphatic heterocycles. The number of ether oxygens (including phenoxy) is 4. The van der Waals surface area contributed by atoms with E-state index in [9.17, 15) is 16.8 Å². The number of rotatable bonds is 13. The number of methoxy groups -OCH3 is 4. The van der Waals surface area contributed by atoms with Crippen LogP contribution >= 0.6 is 0 Å². The number of aromatic nitrogens is 4. The van der Waals surface area contributed by atoms with Gasteiger partial charge >= 0.3 is 0 Å². The molecule has 2 aliphatic rings. The van der Waals surface area contributed by atoms with Gasteiger partial charge in [0.2, 0.25) is 0 Å². The van der Waals surface area contributed by atoms with E-state index in [1.807, 2.05) is 48.5 Å². The lowest BCUT2D eigenvalue weighted by molar-refractivity contribution is -0.0837. The molecule has 16 heteroatoms. The summed E-state index contributed by atoms with van der Waals surface area (Å²) < 4.78 is 76.4. The minimum Gasteiger partial charge on any atom is -0.497 e. The van der Waals surface area contributed by atoms with E-state index >= 15 is 0 Å². The summed E-state index contributed by atoms with van der Waals surface area (Å²) >= 11 is 0. The Morgan fingerprint density at radius 2 is 1.06 bits per heavy atom. The van der Waals surface area contributed by atoms with Crippen molar-refractivity contribution in [2.24, 2.45) is 19.2 Å². The highest BCUT2D eigenvalue weighted by atomic mass is 32.2. The summed E-state index contributed by atoms with van der Waals surface area (Å²) in [7, 11) is 2.32. The lowest BCUT2D eigenvalue weighted by Crippen LogP contribution is -2.37. The molecule has 2 aromatic heterocycles. The Balaban J connectivity index is 0.000000253. The highest BCUT2D eigenvalue weighted by Gasteiger charge is 2.43. The first-order valence-corrected chi connectivity index (χ1v) is 19.2. The molecule has 2 fully saturated rings. The van der Waals surface area contributed by atoms with Gasteiger partial charge in [0.25, 0.3) is 20.0 Å². The second-order valence-corrected chi connectivity index (χ2v) is 16.0. The molecule has 2 heterocycles. The summed E-state index contributed by atoms with van der Waals surface area (Å²) in [5, 5.41) is 13.3. The maximum Gasteiger partial charge on any atom is 0.263 e. The van der Waals surface area contributed by atoms with E-state index in [1.165, 1.54) is 15.1 Å². The van der Waals surface area contributed by atoms with Crippen molar-refractivity contribution in [1.82, 2.24) is 23.9 Å². The Hall–Kier alpha value is -3.80. The van der Waals surface area contributed by atoms with E-state index in [0.29, 0.717) is 11.5 Å². The largest absolute Gasteiger partial charge is 0.497 e. The maximum atomic E-state index is 13.8. The third-order valence-corrected chi connectivity index (χ3v) is 12.1. The SMILES string of the molecule is COC1(c2cc(S(N)(=O)=O)nn2C)CCC1.COc1ccc(CN(Cc2ccc(OC)cc2)S(=O)(=O)c2cc(C3(OC)CCC3)n(C)n2)cc1. The van der Waals surface area contributed by atoms with E-state index in [1.54, 1.807) is 53.3 Å². The molecule has 272 valence electrons. The zero-order valence-electron chi connectivity index (χ0n) is 29.3. The molecule has 0 atom stereocenters. The first-order valence-electron chi connectivity index (χ1n) is 16.2. The lowest BCUT2D eigenvalue weighted by Gasteiger charge is -2.40. The number of hydrogen-bond donors (Lipinski definition) is 1. The van der Waals surface area contributed by atoms with E-state index in [-0.39, 0.29) is 28.7 Å². The highest BCUT2D eigenvalue weighted by molar-refractivity contribution is 7.89. The average Bonchev–Trinajstić information content (AvgIpc) is 3.65. The Morgan fingerprint density at radius 3 is 1.36 bits per heavy atom. The Morgan fingerprint density at radius 1 is 0.680 bits per heavy atom. The Bertz CT molecular complexity index is 1920. The summed E-state index contributed by atoms with van der Waals surface area (Å²) in [6.07, 6.45) is 5.58. The topological polar surface area (TPSA) is 170 Å². The van der Waals surface area contributed by atoms with Crippen molar-refractivity contribution in [3.05, 3.63) is 83.2 Å². The smallest absolute Gasteiger partial charge is 0.263 e. The minimum atomic E-state index is -3.90. The van der Waals surface area contributed by atoms with Gasteiger partial charge in [-0.05, 0) is 73.9 Å². The van der Waals surface area contributed by atoms with Gasteiger partial charge in [0.1, 0.15) is 22.7 Å².